The Balaban J connectivity index is 2.41. The minimum atomic E-state index is -3.99. The van der Waals surface area contributed by atoms with Crippen molar-refractivity contribution in [2.45, 2.75) is 30.3 Å². The van der Waals surface area contributed by atoms with Gasteiger partial charge in [-0.2, -0.15) is 4.31 Å². The summed E-state index contributed by atoms with van der Waals surface area (Å²) in [6.07, 6.45) is 1.44. The Morgan fingerprint density at radius 2 is 2.00 bits per heavy atom. The SMILES string of the molecule is NC1CCCCN1S(=O)(=O)c1ccc(F)cc1F. The Morgan fingerprint density at radius 3 is 2.61 bits per heavy atom. The van der Waals surface area contributed by atoms with Crippen LogP contribution in [0.5, 0.6) is 0 Å². The average molecular weight is 276 g/mol. The third-order valence-corrected chi connectivity index (χ3v) is 4.94. The summed E-state index contributed by atoms with van der Waals surface area (Å²) in [7, 11) is -3.99. The molecule has 1 aromatic carbocycles. The topological polar surface area (TPSA) is 63.4 Å². The summed E-state index contributed by atoms with van der Waals surface area (Å²) in [4.78, 5) is -0.527. The normalized spacial score (nSPS) is 22.1. The van der Waals surface area contributed by atoms with Crippen LogP contribution in [-0.4, -0.2) is 25.4 Å². The molecule has 0 radical (unpaired) electrons. The smallest absolute Gasteiger partial charge is 0.247 e. The van der Waals surface area contributed by atoms with Crippen molar-refractivity contribution in [1.82, 2.24) is 4.31 Å². The Hall–Kier alpha value is -1.05. The van der Waals surface area contributed by atoms with Gasteiger partial charge in [0.15, 0.2) is 0 Å². The van der Waals surface area contributed by atoms with E-state index in [1.807, 2.05) is 0 Å². The van der Waals surface area contributed by atoms with Crippen LogP contribution in [0.4, 0.5) is 8.78 Å². The Kier molecular flexibility index (Phi) is 3.65. The zero-order valence-electron chi connectivity index (χ0n) is 9.64. The van der Waals surface area contributed by atoms with Gasteiger partial charge in [-0.15, -0.1) is 0 Å². The number of rotatable bonds is 2. The van der Waals surface area contributed by atoms with E-state index in [9.17, 15) is 17.2 Å². The maximum absolute atomic E-state index is 13.5. The van der Waals surface area contributed by atoms with Gasteiger partial charge in [-0.05, 0) is 31.4 Å². The van der Waals surface area contributed by atoms with Crippen molar-refractivity contribution >= 4 is 10.0 Å². The molecule has 1 heterocycles. The number of benzene rings is 1. The van der Waals surface area contributed by atoms with Gasteiger partial charge in [0.25, 0.3) is 0 Å². The van der Waals surface area contributed by atoms with Crippen LogP contribution in [0.25, 0.3) is 0 Å². The third-order valence-electron chi connectivity index (χ3n) is 2.98. The first-order valence-corrected chi connectivity index (χ1v) is 7.09. The first-order chi connectivity index (χ1) is 8.43. The van der Waals surface area contributed by atoms with Crippen LogP contribution >= 0.6 is 0 Å². The highest BCUT2D eigenvalue weighted by Crippen LogP contribution is 2.25. The number of hydrogen-bond donors (Lipinski definition) is 1. The number of piperidine rings is 1. The predicted octanol–water partition coefficient (Wildman–Crippen LogP) is 1.42. The Labute approximate surface area is 104 Å². The molecule has 1 unspecified atom stereocenters. The van der Waals surface area contributed by atoms with Crippen LogP contribution in [0.2, 0.25) is 0 Å². The second kappa shape index (κ2) is 4.91. The average Bonchev–Trinajstić information content (AvgIpc) is 2.28. The maximum atomic E-state index is 13.5. The molecule has 1 fully saturated rings. The van der Waals surface area contributed by atoms with Crippen molar-refractivity contribution in [1.29, 1.82) is 0 Å². The summed E-state index contributed by atoms with van der Waals surface area (Å²) in [5.41, 5.74) is 5.73. The lowest BCUT2D eigenvalue weighted by molar-refractivity contribution is 0.257. The summed E-state index contributed by atoms with van der Waals surface area (Å²) in [6.45, 7) is 0.264. The monoisotopic (exact) mass is 276 g/mol. The number of nitrogens with zero attached hydrogens (tertiary/aromatic N) is 1. The molecule has 18 heavy (non-hydrogen) atoms. The van der Waals surface area contributed by atoms with Crippen LogP contribution in [0, 0.1) is 11.6 Å². The first kappa shape index (κ1) is 13.4. The summed E-state index contributed by atoms with van der Waals surface area (Å²) < 4.78 is 51.8. The van der Waals surface area contributed by atoms with Gasteiger partial charge >= 0.3 is 0 Å². The van der Waals surface area contributed by atoms with Gasteiger partial charge in [-0.3, -0.25) is 0 Å². The molecular formula is C11H14F2N2O2S. The first-order valence-electron chi connectivity index (χ1n) is 5.65. The molecule has 2 N–H and O–H groups in total. The third kappa shape index (κ3) is 2.38. The van der Waals surface area contributed by atoms with Crippen LogP contribution < -0.4 is 5.73 Å². The molecule has 0 saturated carbocycles. The number of hydrogen-bond acceptors (Lipinski definition) is 3. The van der Waals surface area contributed by atoms with E-state index in [0.717, 1.165) is 22.9 Å². The molecule has 0 spiro atoms. The van der Waals surface area contributed by atoms with Crippen molar-refractivity contribution in [2.24, 2.45) is 5.73 Å². The molecule has 2 rings (SSSR count). The Morgan fingerprint density at radius 1 is 1.28 bits per heavy atom. The highest BCUT2D eigenvalue weighted by molar-refractivity contribution is 7.89. The minimum Gasteiger partial charge on any atom is -0.315 e. The van der Waals surface area contributed by atoms with Crippen molar-refractivity contribution in [3.8, 4) is 0 Å². The fourth-order valence-corrected chi connectivity index (χ4v) is 3.67. The molecule has 1 atom stereocenters. The molecule has 0 amide bonds. The van der Waals surface area contributed by atoms with Crippen molar-refractivity contribution in [3.63, 3.8) is 0 Å². The summed E-state index contributed by atoms with van der Waals surface area (Å²) in [5.74, 6) is -1.90. The van der Waals surface area contributed by atoms with Gasteiger partial charge < -0.3 is 5.73 Å². The quantitative estimate of drug-likeness (QED) is 0.888. The van der Waals surface area contributed by atoms with E-state index in [4.69, 9.17) is 5.73 Å². The Bertz CT molecular complexity index is 548. The molecule has 1 aliphatic rings. The molecule has 0 aliphatic carbocycles. The molecule has 1 aromatic rings. The second-order valence-electron chi connectivity index (χ2n) is 4.25. The lowest BCUT2D eigenvalue weighted by Crippen LogP contribution is -2.48. The van der Waals surface area contributed by atoms with E-state index >= 15 is 0 Å². The van der Waals surface area contributed by atoms with Crippen LogP contribution in [0.15, 0.2) is 23.1 Å². The van der Waals surface area contributed by atoms with Crippen LogP contribution in [0.1, 0.15) is 19.3 Å². The number of sulfonamides is 1. The van der Waals surface area contributed by atoms with Gasteiger partial charge in [0.05, 0.1) is 6.17 Å². The van der Waals surface area contributed by atoms with E-state index in [0.29, 0.717) is 18.9 Å². The largest absolute Gasteiger partial charge is 0.315 e. The van der Waals surface area contributed by atoms with Gasteiger partial charge in [0.1, 0.15) is 16.5 Å². The molecule has 1 saturated heterocycles. The van der Waals surface area contributed by atoms with Crippen molar-refractivity contribution in [3.05, 3.63) is 29.8 Å². The zero-order valence-corrected chi connectivity index (χ0v) is 10.5. The molecule has 0 bridgehead atoms. The lowest BCUT2D eigenvalue weighted by Gasteiger charge is -2.31. The molecule has 4 nitrogen and oxygen atoms in total. The van der Waals surface area contributed by atoms with E-state index < -0.39 is 32.7 Å². The summed E-state index contributed by atoms with van der Waals surface area (Å²) >= 11 is 0. The second-order valence-corrected chi connectivity index (χ2v) is 6.11. The fourth-order valence-electron chi connectivity index (χ4n) is 2.04. The molecule has 1 aliphatic heterocycles. The van der Waals surface area contributed by atoms with Gasteiger partial charge in [0.2, 0.25) is 10.0 Å². The van der Waals surface area contributed by atoms with Crippen LogP contribution in [0.3, 0.4) is 0 Å². The van der Waals surface area contributed by atoms with Crippen molar-refractivity contribution < 1.29 is 17.2 Å². The minimum absolute atomic E-state index is 0.264. The van der Waals surface area contributed by atoms with Gasteiger partial charge in [-0.25, -0.2) is 17.2 Å². The number of halogens is 2. The van der Waals surface area contributed by atoms with E-state index in [-0.39, 0.29) is 6.54 Å². The fraction of sp³-hybridized carbons (Fsp3) is 0.455. The van der Waals surface area contributed by atoms with E-state index in [1.165, 1.54) is 0 Å². The molecular weight excluding hydrogens is 262 g/mol. The van der Waals surface area contributed by atoms with Gasteiger partial charge in [0, 0.05) is 12.6 Å². The number of nitrogens with two attached hydrogens (primary N) is 1. The lowest BCUT2D eigenvalue weighted by atomic mass is 10.1. The van der Waals surface area contributed by atoms with Crippen LogP contribution in [-0.2, 0) is 10.0 Å². The van der Waals surface area contributed by atoms with E-state index in [2.05, 4.69) is 0 Å². The highest BCUT2D eigenvalue weighted by atomic mass is 32.2. The maximum Gasteiger partial charge on any atom is 0.247 e. The standard InChI is InChI=1S/C11H14F2N2O2S/c12-8-4-5-10(9(13)7-8)18(16,17)15-6-2-1-3-11(15)14/h4-5,7,11H,1-3,6,14H2. The molecule has 0 aromatic heterocycles. The molecule has 7 heteroatoms. The highest BCUT2D eigenvalue weighted by Gasteiger charge is 2.33. The zero-order chi connectivity index (χ0) is 13.3. The summed E-state index contributed by atoms with van der Waals surface area (Å²) in [6, 6.07) is 2.41. The molecule has 100 valence electrons. The predicted molar refractivity (Wildman–Crippen MR) is 62.1 cm³/mol. The van der Waals surface area contributed by atoms with E-state index in [1.54, 1.807) is 0 Å². The summed E-state index contributed by atoms with van der Waals surface area (Å²) in [5, 5.41) is 0. The van der Waals surface area contributed by atoms with Gasteiger partial charge in [-0.1, -0.05) is 0 Å². The van der Waals surface area contributed by atoms with Crippen molar-refractivity contribution in [2.75, 3.05) is 6.54 Å².